The third-order valence-corrected chi connectivity index (χ3v) is 18.0. The molecule has 4 aromatic heterocycles. The van der Waals surface area contributed by atoms with Crippen molar-refractivity contribution in [2.45, 2.75) is 57.9 Å². The standard InChI is InChI=1S/2C16H15N5O.C12H9Cl4N3O.C12H10Cl3N3O.2C11H13N5S/c2*1-10-5-4-6-11(9-10)14-19-15(17)21-16(20-14)18-12-7-2-3-8-13(12)22;1-6-4-10(19-11(17-6)12(14,15)16)18-8-5-7(13)2-3-9(8)20;1-7-6-10(18-11(16-7)12(13,14)15)17-8-4-2-3-5-9(8)19;2*1-7-13-10(12)16-11(14-7)15-8-5-3-4-6-9(8)17-2/h2*2-9,22H,1H3,(H3,17,18,19,20,21);2-3,5,20H,1,4H2,(H,17,18,19);2-5,19H,1,6H2,(H,16,17,18);2*3-6H,1-2H3,(H3,12,13,14,15,16). The van der Waals surface area contributed by atoms with Gasteiger partial charge in [-0.05, 0) is 131 Å². The average Bonchev–Trinajstić information content (AvgIpc) is 0.836. The zero-order chi connectivity index (χ0) is 84.5. The molecule has 0 atom stereocenters. The first kappa shape index (κ1) is 88.8. The van der Waals surface area contributed by atoms with Crippen molar-refractivity contribution in [1.29, 1.82) is 0 Å². The number of phenols is 4. The number of alkyl halides is 6. The smallest absolute Gasteiger partial charge is 0.248 e. The molecule has 18 N–H and O–H groups in total. The Balaban J connectivity index is 0.000000161. The summed E-state index contributed by atoms with van der Waals surface area (Å²) in [6.45, 7) is 15.1. The zero-order valence-electron chi connectivity index (χ0n) is 62.9. The Morgan fingerprint density at radius 2 is 0.744 bits per heavy atom. The molecule has 39 heteroatoms. The molecule has 0 bridgehead atoms. The highest BCUT2D eigenvalue weighted by atomic mass is 35.6. The number of para-hydroxylation sites is 8. The predicted molar refractivity (Wildman–Crippen MR) is 477 cm³/mol. The van der Waals surface area contributed by atoms with Gasteiger partial charge in [-0.15, -0.1) is 23.5 Å². The molecular formula is C78H75Cl7N26O4S2. The maximum Gasteiger partial charge on any atom is 0.248 e. The number of nitrogen functional groups attached to an aromatic ring is 4. The van der Waals surface area contributed by atoms with Crippen LogP contribution in [0.4, 0.5) is 81.7 Å². The summed E-state index contributed by atoms with van der Waals surface area (Å²) < 4.78 is -3.39. The highest BCUT2D eigenvalue weighted by molar-refractivity contribution is 7.99. The quantitative estimate of drug-likeness (QED) is 0.0273. The Hall–Kier alpha value is -12.1. The number of nitrogens with two attached hydrogens (primary N) is 4. The minimum Gasteiger partial charge on any atom is -0.506 e. The van der Waals surface area contributed by atoms with Crippen LogP contribution in [0.3, 0.4) is 0 Å². The number of aromatic hydroxyl groups is 4. The molecule has 14 rings (SSSR count). The lowest BCUT2D eigenvalue weighted by molar-refractivity contribution is 0.476. The third kappa shape index (κ3) is 28.1. The van der Waals surface area contributed by atoms with E-state index in [0.29, 0.717) is 93.2 Å². The molecule has 0 amide bonds. The molecule has 12 aromatic rings. The second kappa shape index (κ2) is 42.0. The fourth-order valence-electron chi connectivity index (χ4n) is 9.99. The molecule has 0 saturated carbocycles. The van der Waals surface area contributed by atoms with Gasteiger partial charge in [-0.2, -0.15) is 59.8 Å². The van der Waals surface area contributed by atoms with Gasteiger partial charge >= 0.3 is 0 Å². The number of aliphatic imine (C=N–C) groups is 4. The van der Waals surface area contributed by atoms with Gasteiger partial charge in [-0.1, -0.05) is 203 Å². The zero-order valence-corrected chi connectivity index (χ0v) is 69.9. The number of nitrogens with one attached hydrogen (secondary N) is 6. The monoisotopic (exact) mass is 1750 g/mol. The summed E-state index contributed by atoms with van der Waals surface area (Å²) in [6, 6.07) is 56.4. The van der Waals surface area contributed by atoms with Crippen LogP contribution in [0, 0.1) is 27.7 Å². The number of aryl methyl sites for hydroxylation is 4. The van der Waals surface area contributed by atoms with E-state index in [4.69, 9.17) is 104 Å². The second-order valence-electron chi connectivity index (χ2n) is 24.4. The van der Waals surface area contributed by atoms with Gasteiger partial charge in [-0.3, -0.25) is 0 Å². The van der Waals surface area contributed by atoms with E-state index in [2.05, 4.69) is 125 Å². The Morgan fingerprint density at radius 1 is 0.393 bits per heavy atom. The van der Waals surface area contributed by atoms with Crippen LogP contribution in [0.25, 0.3) is 22.8 Å². The topological polar surface area (TPSA) is 461 Å². The Kier molecular flexibility index (Phi) is 31.9. The van der Waals surface area contributed by atoms with E-state index in [1.54, 1.807) is 110 Å². The molecule has 602 valence electrons. The molecule has 6 heterocycles. The maximum atomic E-state index is 9.80. The molecule has 0 spiro atoms. The van der Waals surface area contributed by atoms with E-state index in [1.165, 1.54) is 18.2 Å². The molecule has 30 nitrogen and oxygen atoms in total. The van der Waals surface area contributed by atoms with Crippen LogP contribution in [0.1, 0.15) is 35.6 Å². The summed E-state index contributed by atoms with van der Waals surface area (Å²) >= 11 is 43.8. The number of benzene rings is 8. The molecule has 0 unspecified atom stereocenters. The summed E-state index contributed by atoms with van der Waals surface area (Å²) in [5, 5.41) is 57.2. The van der Waals surface area contributed by atoms with Crippen LogP contribution in [0.2, 0.25) is 5.02 Å². The van der Waals surface area contributed by atoms with Crippen LogP contribution in [0.15, 0.2) is 242 Å². The van der Waals surface area contributed by atoms with Gasteiger partial charge in [0.2, 0.25) is 55.2 Å². The van der Waals surface area contributed by atoms with Crippen LogP contribution >= 0.6 is 105 Å². The molecular weight excluding hydrogens is 1680 g/mol. The molecule has 2 aliphatic rings. The summed E-state index contributed by atoms with van der Waals surface area (Å²) in [6.07, 6.45) is 4.77. The molecule has 0 radical (unpaired) electrons. The van der Waals surface area contributed by atoms with E-state index in [0.717, 1.165) is 43.4 Å². The number of amidine groups is 4. The van der Waals surface area contributed by atoms with E-state index in [9.17, 15) is 20.4 Å². The number of halogens is 7. The summed E-state index contributed by atoms with van der Waals surface area (Å²) in [4.78, 5) is 68.4. The predicted octanol–water partition coefficient (Wildman–Crippen LogP) is 18.3. The summed E-state index contributed by atoms with van der Waals surface area (Å²) in [5.74, 6) is 5.62. The Labute approximate surface area is 716 Å². The lowest BCUT2D eigenvalue weighted by atomic mass is 10.1. The van der Waals surface area contributed by atoms with E-state index in [-0.39, 0.29) is 76.0 Å². The number of rotatable bonds is 14. The molecule has 117 heavy (non-hydrogen) atoms. The minimum absolute atomic E-state index is 0.0170. The van der Waals surface area contributed by atoms with E-state index in [1.807, 2.05) is 123 Å². The fraction of sp³-hybridized carbons (Fsp3) is 0.128. The number of phenolic OH excluding ortho intramolecular Hbond substituents is 4. The highest BCUT2D eigenvalue weighted by Gasteiger charge is 2.33. The van der Waals surface area contributed by atoms with Gasteiger partial charge < -0.3 is 75.3 Å². The highest BCUT2D eigenvalue weighted by Crippen LogP contribution is 2.36. The van der Waals surface area contributed by atoms with E-state index < -0.39 is 7.59 Å². The van der Waals surface area contributed by atoms with Crippen molar-refractivity contribution in [3.05, 3.63) is 240 Å². The first-order valence-corrected chi connectivity index (χ1v) is 39.5. The Morgan fingerprint density at radius 3 is 1.13 bits per heavy atom. The van der Waals surface area contributed by atoms with Crippen LogP contribution < -0.4 is 54.8 Å². The molecule has 2 aliphatic heterocycles. The van der Waals surface area contributed by atoms with Crippen LogP contribution in [0.5, 0.6) is 23.0 Å². The van der Waals surface area contributed by atoms with Crippen molar-refractivity contribution in [3.63, 3.8) is 0 Å². The fourth-order valence-corrected chi connectivity index (χ4v) is 11.8. The SMILES string of the molecule is C=C1CC(=Nc2cc(Cl)ccc2O)N=C(C(Cl)(Cl)Cl)N1.C=C1CC(=Nc2ccccc2O)N=C(C(Cl)(Cl)Cl)N1.CSc1ccccc1Nc1nc(C)nc(N)n1.CSc1ccccc1Nc1nc(C)nc(N)n1.Cc1cccc(-c2nc(N)nc(Nc3ccccc3O)n2)c1.Cc1cccc(-c2nc(N)nc(Nc3ccccc3O)n2)c1. The number of aromatic nitrogens is 12. The number of anilines is 12. The largest absolute Gasteiger partial charge is 0.506 e. The second-order valence-corrected chi connectivity index (χ2v) is 31.1. The van der Waals surface area contributed by atoms with E-state index >= 15 is 0 Å². The van der Waals surface area contributed by atoms with Gasteiger partial charge in [-0.25, -0.2) is 20.0 Å². The van der Waals surface area contributed by atoms with Gasteiger partial charge in [0.15, 0.2) is 23.3 Å². The van der Waals surface area contributed by atoms with Crippen molar-refractivity contribution in [1.82, 2.24) is 70.4 Å². The number of hydrogen-bond acceptors (Lipinski definition) is 30. The van der Waals surface area contributed by atoms with Crippen molar-refractivity contribution in [2.75, 3.05) is 56.7 Å². The van der Waals surface area contributed by atoms with Crippen molar-refractivity contribution < 1.29 is 20.4 Å². The summed E-state index contributed by atoms with van der Waals surface area (Å²) in [5.41, 5.74) is 31.4. The lowest BCUT2D eigenvalue weighted by Gasteiger charge is -2.22. The summed E-state index contributed by atoms with van der Waals surface area (Å²) in [7, 11) is 0. The van der Waals surface area contributed by atoms with Crippen molar-refractivity contribution in [2.24, 2.45) is 20.0 Å². The molecule has 8 aromatic carbocycles. The molecule has 0 fully saturated rings. The van der Waals surface area contributed by atoms with Crippen LogP contribution in [-0.2, 0) is 0 Å². The average molecular weight is 1750 g/mol. The van der Waals surface area contributed by atoms with Crippen LogP contribution in [-0.4, -0.2) is 124 Å². The van der Waals surface area contributed by atoms with Crippen molar-refractivity contribution >= 4 is 210 Å². The van der Waals surface area contributed by atoms with Gasteiger partial charge in [0, 0.05) is 50.2 Å². The Bertz CT molecular complexity index is 5390. The first-order chi connectivity index (χ1) is 55.7. The third-order valence-electron chi connectivity index (χ3n) is 15.1. The maximum absolute atomic E-state index is 9.80. The lowest BCUT2D eigenvalue weighted by Crippen LogP contribution is -2.38. The van der Waals surface area contributed by atoms with Gasteiger partial charge in [0.25, 0.3) is 0 Å². The number of nitrogens with zero attached hydrogens (tertiary/aromatic N) is 16. The molecule has 0 aliphatic carbocycles. The first-order valence-electron chi connectivity index (χ1n) is 34.4. The van der Waals surface area contributed by atoms with Gasteiger partial charge in [0.1, 0.15) is 57.7 Å². The van der Waals surface area contributed by atoms with Crippen molar-refractivity contribution in [3.8, 4) is 45.8 Å². The van der Waals surface area contributed by atoms with Gasteiger partial charge in [0.05, 0.1) is 22.7 Å². The normalized spacial score (nSPS) is 12.9. The minimum atomic E-state index is -1.71. The number of thioether (sulfide) groups is 2. The number of hydrogen-bond donors (Lipinski definition) is 14. The molecule has 0 saturated heterocycles.